The lowest BCUT2D eigenvalue weighted by atomic mass is 10.1. The summed E-state index contributed by atoms with van der Waals surface area (Å²) in [6.07, 6.45) is 0. The van der Waals surface area contributed by atoms with Crippen molar-refractivity contribution >= 4 is 43.2 Å². The van der Waals surface area contributed by atoms with Gasteiger partial charge in [0.1, 0.15) is 21.8 Å². The molecule has 0 N–H and O–H groups in total. The molecule has 152 valence electrons. The third-order valence-electron chi connectivity index (χ3n) is 5.05. The van der Waals surface area contributed by atoms with E-state index < -0.39 is 5.56 Å². The van der Waals surface area contributed by atoms with Crippen LogP contribution in [0.4, 0.5) is 0 Å². The molecule has 0 fully saturated rings. The van der Waals surface area contributed by atoms with Crippen LogP contribution in [0.3, 0.4) is 0 Å². The van der Waals surface area contributed by atoms with Gasteiger partial charge >= 0.3 is 0 Å². The average molecular weight is 447 g/mol. The standard InChI is InChI=1S/C24H15ClN2O3S/c1-30-17-12-6-14(7-13-17)22-26-23-20(21(28)18-4-2-3-5-19(18)31-23)24(29)27(22)16-10-8-15(25)9-11-16/h2-13H,1H3. The van der Waals surface area contributed by atoms with Crippen LogP contribution in [0.25, 0.3) is 37.4 Å². The van der Waals surface area contributed by atoms with E-state index in [1.54, 1.807) is 55.6 Å². The minimum Gasteiger partial charge on any atom is -0.497 e. The quantitative estimate of drug-likeness (QED) is 0.353. The van der Waals surface area contributed by atoms with E-state index in [0.29, 0.717) is 32.5 Å². The molecule has 2 aromatic heterocycles. The minimum atomic E-state index is -0.412. The number of ether oxygens (including phenoxy) is 1. The second kappa shape index (κ2) is 7.65. The van der Waals surface area contributed by atoms with Crippen molar-refractivity contribution in [1.82, 2.24) is 9.55 Å². The molecule has 0 atom stereocenters. The smallest absolute Gasteiger partial charge is 0.271 e. The lowest BCUT2D eigenvalue weighted by Gasteiger charge is -2.14. The van der Waals surface area contributed by atoms with Crippen LogP contribution in [0.5, 0.6) is 5.75 Å². The fourth-order valence-corrected chi connectivity index (χ4v) is 4.68. The molecular weight excluding hydrogens is 432 g/mol. The van der Waals surface area contributed by atoms with Gasteiger partial charge in [-0.15, -0.1) is 11.3 Å². The molecule has 0 bridgehead atoms. The van der Waals surface area contributed by atoms with Crippen LogP contribution in [0.15, 0.2) is 82.4 Å². The van der Waals surface area contributed by atoms with Crippen molar-refractivity contribution in [3.05, 3.63) is 98.4 Å². The summed E-state index contributed by atoms with van der Waals surface area (Å²) in [6.45, 7) is 0. The van der Waals surface area contributed by atoms with Gasteiger partial charge < -0.3 is 4.74 Å². The number of rotatable bonds is 3. The highest BCUT2D eigenvalue weighted by atomic mass is 35.5. The molecule has 5 aromatic rings. The highest BCUT2D eigenvalue weighted by Crippen LogP contribution is 2.27. The Kier molecular flexibility index (Phi) is 4.81. The summed E-state index contributed by atoms with van der Waals surface area (Å²) >= 11 is 7.38. The second-order valence-corrected chi connectivity index (χ2v) is 8.36. The van der Waals surface area contributed by atoms with Gasteiger partial charge in [-0.25, -0.2) is 4.98 Å². The Morgan fingerprint density at radius 1 is 0.935 bits per heavy atom. The van der Waals surface area contributed by atoms with Crippen molar-refractivity contribution in [2.24, 2.45) is 0 Å². The summed E-state index contributed by atoms with van der Waals surface area (Å²) in [4.78, 5) is 32.0. The molecule has 5 nitrogen and oxygen atoms in total. The van der Waals surface area contributed by atoms with E-state index in [1.807, 2.05) is 24.3 Å². The SMILES string of the molecule is COc1ccc(-c2nc3sc4ccccc4c(=O)c3c(=O)n2-c2ccc(Cl)cc2)cc1. The van der Waals surface area contributed by atoms with Crippen LogP contribution >= 0.6 is 22.9 Å². The molecule has 7 heteroatoms. The fourth-order valence-electron chi connectivity index (χ4n) is 3.52. The molecule has 0 saturated heterocycles. The second-order valence-electron chi connectivity index (χ2n) is 6.89. The van der Waals surface area contributed by atoms with Crippen LogP contribution in [0.2, 0.25) is 5.02 Å². The van der Waals surface area contributed by atoms with Crippen molar-refractivity contribution in [1.29, 1.82) is 0 Å². The molecule has 31 heavy (non-hydrogen) atoms. The topological polar surface area (TPSA) is 61.2 Å². The number of hydrogen-bond donors (Lipinski definition) is 0. The molecule has 0 unspecified atom stereocenters. The van der Waals surface area contributed by atoms with Crippen molar-refractivity contribution < 1.29 is 4.74 Å². The fraction of sp³-hybridized carbons (Fsp3) is 0.0417. The van der Waals surface area contributed by atoms with Crippen LogP contribution in [0.1, 0.15) is 0 Å². The highest BCUT2D eigenvalue weighted by molar-refractivity contribution is 7.24. The first-order chi connectivity index (χ1) is 15.1. The van der Waals surface area contributed by atoms with Gasteiger partial charge in [0.05, 0.1) is 12.8 Å². The van der Waals surface area contributed by atoms with Gasteiger partial charge in [-0.1, -0.05) is 23.7 Å². The molecule has 0 spiro atoms. The largest absolute Gasteiger partial charge is 0.497 e. The van der Waals surface area contributed by atoms with E-state index >= 15 is 0 Å². The lowest BCUT2D eigenvalue weighted by Crippen LogP contribution is -2.26. The predicted octanol–water partition coefficient (Wildman–Crippen LogP) is 5.29. The Balaban J connectivity index is 1.92. The first-order valence-corrected chi connectivity index (χ1v) is 10.7. The maximum absolute atomic E-state index is 13.7. The zero-order valence-corrected chi connectivity index (χ0v) is 17.9. The van der Waals surface area contributed by atoms with Gasteiger partial charge in [0.2, 0.25) is 5.43 Å². The van der Waals surface area contributed by atoms with Crippen molar-refractivity contribution in [3.8, 4) is 22.8 Å². The molecular formula is C24H15ClN2O3S. The monoisotopic (exact) mass is 446 g/mol. The number of benzene rings is 3. The summed E-state index contributed by atoms with van der Waals surface area (Å²) in [5, 5.41) is 1.14. The van der Waals surface area contributed by atoms with E-state index in [4.69, 9.17) is 21.3 Å². The molecule has 3 aromatic carbocycles. The molecule has 0 aliphatic carbocycles. The molecule has 0 amide bonds. The van der Waals surface area contributed by atoms with E-state index in [1.165, 1.54) is 15.9 Å². The molecule has 0 radical (unpaired) electrons. The summed E-state index contributed by atoms with van der Waals surface area (Å²) in [6, 6.07) is 21.4. The first kappa shape index (κ1) is 19.5. The van der Waals surface area contributed by atoms with E-state index in [9.17, 15) is 9.59 Å². The number of methoxy groups -OCH3 is 1. The normalized spacial score (nSPS) is 11.2. The van der Waals surface area contributed by atoms with Crippen molar-refractivity contribution in [3.63, 3.8) is 0 Å². The third kappa shape index (κ3) is 3.30. The lowest BCUT2D eigenvalue weighted by molar-refractivity contribution is 0.415. The molecule has 0 aliphatic rings. The van der Waals surface area contributed by atoms with Crippen LogP contribution < -0.4 is 15.7 Å². The zero-order chi connectivity index (χ0) is 21.5. The summed E-state index contributed by atoms with van der Waals surface area (Å²) in [5.74, 6) is 1.13. The molecule has 5 rings (SSSR count). The van der Waals surface area contributed by atoms with Gasteiger partial charge in [-0.3, -0.25) is 14.2 Å². The summed E-state index contributed by atoms with van der Waals surface area (Å²) < 4.78 is 7.50. The Morgan fingerprint density at radius 3 is 2.35 bits per heavy atom. The average Bonchev–Trinajstić information content (AvgIpc) is 2.80. The Hall–Kier alpha value is -3.48. The number of halogens is 1. The van der Waals surface area contributed by atoms with Crippen LogP contribution in [0, 0.1) is 0 Å². The molecule has 0 saturated carbocycles. The Morgan fingerprint density at radius 2 is 1.65 bits per heavy atom. The van der Waals surface area contributed by atoms with Gasteiger partial charge in [0.15, 0.2) is 0 Å². The van der Waals surface area contributed by atoms with Gasteiger partial charge in [-0.05, 0) is 60.7 Å². The highest BCUT2D eigenvalue weighted by Gasteiger charge is 2.18. The van der Waals surface area contributed by atoms with Gasteiger partial charge in [0, 0.05) is 20.7 Å². The van der Waals surface area contributed by atoms with Crippen molar-refractivity contribution in [2.45, 2.75) is 0 Å². The van der Waals surface area contributed by atoms with Gasteiger partial charge in [-0.2, -0.15) is 0 Å². The Bertz CT molecular complexity index is 1560. The maximum Gasteiger partial charge on any atom is 0.271 e. The summed E-state index contributed by atoms with van der Waals surface area (Å²) in [7, 11) is 1.59. The third-order valence-corrected chi connectivity index (χ3v) is 6.37. The van der Waals surface area contributed by atoms with Crippen molar-refractivity contribution in [2.75, 3.05) is 7.11 Å². The summed E-state index contributed by atoms with van der Waals surface area (Å²) in [5.41, 5.74) is 0.575. The van der Waals surface area contributed by atoms with E-state index in [-0.39, 0.29) is 10.8 Å². The zero-order valence-electron chi connectivity index (χ0n) is 16.3. The number of nitrogens with zero attached hydrogens (tertiary/aromatic N) is 2. The minimum absolute atomic E-state index is 0.0795. The maximum atomic E-state index is 13.7. The Labute approximate surface area is 185 Å². The van der Waals surface area contributed by atoms with Gasteiger partial charge in [0.25, 0.3) is 5.56 Å². The number of aromatic nitrogens is 2. The van der Waals surface area contributed by atoms with Crippen LogP contribution in [-0.4, -0.2) is 16.7 Å². The molecule has 0 aliphatic heterocycles. The molecule has 2 heterocycles. The first-order valence-electron chi connectivity index (χ1n) is 9.46. The van der Waals surface area contributed by atoms with E-state index in [0.717, 1.165) is 10.3 Å². The van der Waals surface area contributed by atoms with Crippen LogP contribution in [-0.2, 0) is 0 Å². The number of hydrogen-bond acceptors (Lipinski definition) is 5. The predicted molar refractivity (Wildman–Crippen MR) is 126 cm³/mol. The van der Waals surface area contributed by atoms with E-state index in [2.05, 4.69) is 0 Å². The number of fused-ring (bicyclic) bond motifs is 2.